The molecular formula is C12H27NO. The normalized spacial score (nSPS) is 11.6. The van der Waals surface area contributed by atoms with Crippen LogP contribution in [-0.4, -0.2) is 36.2 Å². The van der Waals surface area contributed by atoms with Crippen LogP contribution in [0.1, 0.15) is 46.5 Å². The van der Waals surface area contributed by atoms with Crippen molar-refractivity contribution in [1.82, 2.24) is 4.90 Å². The van der Waals surface area contributed by atoms with E-state index in [1.54, 1.807) is 0 Å². The fourth-order valence-electron chi connectivity index (χ4n) is 1.70. The second-order valence-corrected chi connectivity index (χ2v) is 4.42. The van der Waals surface area contributed by atoms with Crippen molar-refractivity contribution in [1.29, 1.82) is 0 Å². The summed E-state index contributed by atoms with van der Waals surface area (Å²) in [5.41, 5.74) is 0. The van der Waals surface area contributed by atoms with E-state index in [0.717, 1.165) is 18.9 Å². The molecule has 14 heavy (non-hydrogen) atoms. The molecule has 0 aliphatic heterocycles. The van der Waals surface area contributed by atoms with Gasteiger partial charge in [-0.3, -0.25) is 0 Å². The molecule has 0 aromatic rings. The van der Waals surface area contributed by atoms with Gasteiger partial charge in [-0.2, -0.15) is 0 Å². The Hall–Kier alpha value is -0.0800. The van der Waals surface area contributed by atoms with Crippen LogP contribution in [0.25, 0.3) is 0 Å². The number of hydrogen-bond acceptors (Lipinski definition) is 2. The molecule has 0 heterocycles. The minimum atomic E-state index is 0.351. The van der Waals surface area contributed by atoms with Gasteiger partial charge in [0.15, 0.2) is 0 Å². The lowest BCUT2D eigenvalue weighted by Crippen LogP contribution is -2.28. The molecule has 0 saturated heterocycles. The second kappa shape index (κ2) is 9.47. The zero-order valence-electron chi connectivity index (χ0n) is 10.1. The Morgan fingerprint density at radius 2 is 1.71 bits per heavy atom. The highest BCUT2D eigenvalue weighted by molar-refractivity contribution is 4.58. The topological polar surface area (TPSA) is 23.5 Å². The maximum Gasteiger partial charge on any atom is 0.0431 e. The van der Waals surface area contributed by atoms with E-state index in [-0.39, 0.29) is 0 Å². The first kappa shape index (κ1) is 13.9. The number of unbranched alkanes of at least 4 members (excludes halogenated alkanes) is 3. The highest BCUT2D eigenvalue weighted by Gasteiger charge is 2.03. The molecule has 0 atom stereocenters. The van der Waals surface area contributed by atoms with E-state index >= 15 is 0 Å². The molecule has 0 aliphatic carbocycles. The minimum Gasteiger partial charge on any atom is -0.396 e. The third-order valence-electron chi connectivity index (χ3n) is 2.45. The van der Waals surface area contributed by atoms with Crippen molar-refractivity contribution < 1.29 is 5.11 Å². The zero-order chi connectivity index (χ0) is 10.8. The average molecular weight is 201 g/mol. The van der Waals surface area contributed by atoms with Gasteiger partial charge < -0.3 is 10.0 Å². The lowest BCUT2D eigenvalue weighted by atomic mass is 10.1. The zero-order valence-corrected chi connectivity index (χ0v) is 10.1. The maximum absolute atomic E-state index is 8.63. The van der Waals surface area contributed by atoms with Gasteiger partial charge >= 0.3 is 0 Å². The number of aliphatic hydroxyl groups excluding tert-OH is 1. The van der Waals surface area contributed by atoms with E-state index in [1.807, 2.05) is 0 Å². The Morgan fingerprint density at radius 1 is 1.07 bits per heavy atom. The van der Waals surface area contributed by atoms with Crippen molar-refractivity contribution in [2.24, 2.45) is 5.92 Å². The standard InChI is InChI=1S/C12H27NO/c1-4-13(11-12(2)3)9-7-5-6-8-10-14/h12,14H,4-11H2,1-3H3. The Morgan fingerprint density at radius 3 is 2.21 bits per heavy atom. The van der Waals surface area contributed by atoms with Gasteiger partial charge in [-0.15, -0.1) is 0 Å². The molecular weight excluding hydrogens is 174 g/mol. The molecule has 0 aromatic carbocycles. The number of nitrogens with zero attached hydrogens (tertiary/aromatic N) is 1. The van der Waals surface area contributed by atoms with Gasteiger partial charge in [-0.1, -0.05) is 33.6 Å². The molecule has 1 N–H and O–H groups in total. The number of rotatable bonds is 9. The van der Waals surface area contributed by atoms with Crippen LogP contribution in [0.15, 0.2) is 0 Å². The van der Waals surface area contributed by atoms with E-state index < -0.39 is 0 Å². The lowest BCUT2D eigenvalue weighted by Gasteiger charge is -2.22. The van der Waals surface area contributed by atoms with Crippen LogP contribution in [0, 0.1) is 5.92 Å². The van der Waals surface area contributed by atoms with Crippen LogP contribution in [-0.2, 0) is 0 Å². The molecule has 0 aromatic heterocycles. The van der Waals surface area contributed by atoms with E-state index in [0.29, 0.717) is 6.61 Å². The summed E-state index contributed by atoms with van der Waals surface area (Å²) < 4.78 is 0. The molecule has 0 saturated carbocycles. The molecule has 0 spiro atoms. The summed E-state index contributed by atoms with van der Waals surface area (Å²) in [7, 11) is 0. The smallest absolute Gasteiger partial charge is 0.0431 e. The fraction of sp³-hybridized carbons (Fsp3) is 1.00. The summed E-state index contributed by atoms with van der Waals surface area (Å²) in [5.74, 6) is 0.771. The summed E-state index contributed by atoms with van der Waals surface area (Å²) in [6.45, 7) is 10.7. The van der Waals surface area contributed by atoms with Gasteiger partial charge in [0.2, 0.25) is 0 Å². The molecule has 0 fully saturated rings. The molecule has 86 valence electrons. The molecule has 0 amide bonds. The van der Waals surface area contributed by atoms with Crippen LogP contribution in [0.5, 0.6) is 0 Å². The van der Waals surface area contributed by atoms with E-state index in [4.69, 9.17) is 5.11 Å². The van der Waals surface area contributed by atoms with Gasteiger partial charge in [-0.05, 0) is 31.8 Å². The molecule has 0 rings (SSSR count). The van der Waals surface area contributed by atoms with Gasteiger partial charge in [-0.25, -0.2) is 0 Å². The van der Waals surface area contributed by atoms with Gasteiger partial charge in [0, 0.05) is 13.2 Å². The molecule has 0 unspecified atom stereocenters. The predicted molar refractivity (Wildman–Crippen MR) is 62.5 cm³/mol. The molecule has 0 aliphatic rings. The van der Waals surface area contributed by atoms with Crippen LogP contribution in [0.4, 0.5) is 0 Å². The lowest BCUT2D eigenvalue weighted by molar-refractivity contribution is 0.246. The highest BCUT2D eigenvalue weighted by Crippen LogP contribution is 2.04. The second-order valence-electron chi connectivity index (χ2n) is 4.42. The van der Waals surface area contributed by atoms with Crippen molar-refractivity contribution in [3.8, 4) is 0 Å². The van der Waals surface area contributed by atoms with Crippen LogP contribution < -0.4 is 0 Å². The van der Waals surface area contributed by atoms with Gasteiger partial charge in [0.05, 0.1) is 0 Å². The third kappa shape index (κ3) is 8.52. The number of hydrogen-bond donors (Lipinski definition) is 1. The summed E-state index contributed by atoms with van der Waals surface area (Å²) in [6.07, 6.45) is 4.68. The van der Waals surface area contributed by atoms with Crippen LogP contribution >= 0.6 is 0 Å². The molecule has 2 nitrogen and oxygen atoms in total. The van der Waals surface area contributed by atoms with Crippen molar-refractivity contribution in [2.45, 2.75) is 46.5 Å². The molecule has 0 radical (unpaired) electrons. The van der Waals surface area contributed by atoms with Crippen molar-refractivity contribution in [3.05, 3.63) is 0 Å². The minimum absolute atomic E-state index is 0.351. The van der Waals surface area contributed by atoms with Crippen molar-refractivity contribution in [2.75, 3.05) is 26.2 Å². The Labute approximate surface area is 89.3 Å². The third-order valence-corrected chi connectivity index (χ3v) is 2.45. The highest BCUT2D eigenvalue weighted by atomic mass is 16.2. The van der Waals surface area contributed by atoms with Crippen molar-refractivity contribution >= 4 is 0 Å². The predicted octanol–water partition coefficient (Wildman–Crippen LogP) is 2.52. The van der Waals surface area contributed by atoms with E-state index in [9.17, 15) is 0 Å². The quantitative estimate of drug-likeness (QED) is 0.579. The average Bonchev–Trinajstić information content (AvgIpc) is 2.15. The number of aliphatic hydroxyl groups is 1. The van der Waals surface area contributed by atoms with E-state index in [2.05, 4.69) is 25.7 Å². The molecule has 2 heteroatoms. The van der Waals surface area contributed by atoms with Crippen LogP contribution in [0.3, 0.4) is 0 Å². The first-order valence-corrected chi connectivity index (χ1v) is 6.03. The summed E-state index contributed by atoms with van der Waals surface area (Å²) in [4.78, 5) is 2.52. The van der Waals surface area contributed by atoms with Gasteiger partial charge in [0.25, 0.3) is 0 Å². The fourth-order valence-corrected chi connectivity index (χ4v) is 1.70. The largest absolute Gasteiger partial charge is 0.396 e. The molecule has 0 bridgehead atoms. The first-order valence-electron chi connectivity index (χ1n) is 6.03. The summed E-state index contributed by atoms with van der Waals surface area (Å²) in [5, 5.41) is 8.63. The van der Waals surface area contributed by atoms with E-state index in [1.165, 1.54) is 32.4 Å². The maximum atomic E-state index is 8.63. The Bertz CT molecular complexity index is 115. The Balaban J connectivity index is 3.33. The SMILES string of the molecule is CCN(CCCCCCO)CC(C)C. The van der Waals surface area contributed by atoms with Crippen molar-refractivity contribution in [3.63, 3.8) is 0 Å². The van der Waals surface area contributed by atoms with Gasteiger partial charge in [0.1, 0.15) is 0 Å². The summed E-state index contributed by atoms with van der Waals surface area (Å²) >= 11 is 0. The Kier molecular flexibility index (Phi) is 9.42. The first-order chi connectivity index (χ1) is 6.70. The summed E-state index contributed by atoms with van der Waals surface area (Å²) in [6, 6.07) is 0. The monoisotopic (exact) mass is 201 g/mol. The van der Waals surface area contributed by atoms with Crippen LogP contribution in [0.2, 0.25) is 0 Å².